The highest BCUT2D eigenvalue weighted by Crippen LogP contribution is 1.92. The number of hydrogen-bond acceptors (Lipinski definition) is 6. The van der Waals surface area contributed by atoms with Gasteiger partial charge in [-0.2, -0.15) is 0 Å². The zero-order valence-corrected chi connectivity index (χ0v) is 9.30. The van der Waals surface area contributed by atoms with Gasteiger partial charge in [0.1, 0.15) is 5.69 Å². The van der Waals surface area contributed by atoms with Gasteiger partial charge in [0.05, 0.1) is 6.20 Å². The van der Waals surface area contributed by atoms with E-state index >= 15 is 0 Å². The molecular formula is C10H10N8. The second kappa shape index (κ2) is 5.43. The summed E-state index contributed by atoms with van der Waals surface area (Å²) in [5.74, 6) is 0.470. The van der Waals surface area contributed by atoms with Crippen molar-refractivity contribution >= 4 is 11.7 Å². The predicted octanol–water partition coefficient (Wildman–Crippen LogP) is -0.708. The molecule has 0 spiro atoms. The van der Waals surface area contributed by atoms with Gasteiger partial charge in [-0.05, 0) is 6.07 Å². The van der Waals surface area contributed by atoms with E-state index in [4.69, 9.17) is 11.5 Å². The molecule has 0 bridgehead atoms. The minimum Gasteiger partial charge on any atom is -0.380 e. The van der Waals surface area contributed by atoms with Crippen molar-refractivity contribution in [1.82, 2.24) is 19.9 Å². The summed E-state index contributed by atoms with van der Waals surface area (Å²) in [5, 5.41) is 7.48. The molecule has 0 fully saturated rings. The van der Waals surface area contributed by atoms with Crippen LogP contribution in [0, 0.1) is 0 Å². The maximum atomic E-state index is 5.67. The van der Waals surface area contributed by atoms with Crippen LogP contribution in [0.4, 0.5) is 0 Å². The van der Waals surface area contributed by atoms with Gasteiger partial charge in [0, 0.05) is 24.8 Å². The SMILES string of the molecule is N/C(=N\N=C(/N)c1ncccn1)c1cnccn1. The van der Waals surface area contributed by atoms with Crippen molar-refractivity contribution in [3.05, 3.63) is 48.6 Å². The second-order valence-corrected chi connectivity index (χ2v) is 3.13. The highest BCUT2D eigenvalue weighted by molar-refractivity contribution is 5.97. The van der Waals surface area contributed by atoms with Gasteiger partial charge in [0.2, 0.25) is 0 Å². The normalized spacial score (nSPS) is 12.4. The Morgan fingerprint density at radius 2 is 1.61 bits per heavy atom. The fourth-order valence-electron chi connectivity index (χ4n) is 1.07. The van der Waals surface area contributed by atoms with E-state index < -0.39 is 0 Å². The van der Waals surface area contributed by atoms with Crippen LogP contribution in [0.25, 0.3) is 0 Å². The fraction of sp³-hybridized carbons (Fsp3) is 0. The van der Waals surface area contributed by atoms with Gasteiger partial charge in [-0.25, -0.2) is 15.0 Å². The van der Waals surface area contributed by atoms with Gasteiger partial charge in [0.25, 0.3) is 0 Å². The number of amidine groups is 2. The minimum absolute atomic E-state index is 0.0717. The highest BCUT2D eigenvalue weighted by Gasteiger charge is 2.01. The molecule has 0 aromatic carbocycles. The topological polar surface area (TPSA) is 128 Å². The molecule has 18 heavy (non-hydrogen) atoms. The molecule has 0 atom stereocenters. The third kappa shape index (κ3) is 2.82. The van der Waals surface area contributed by atoms with Crippen LogP contribution < -0.4 is 11.5 Å². The van der Waals surface area contributed by atoms with Gasteiger partial charge in [0.15, 0.2) is 17.5 Å². The maximum Gasteiger partial charge on any atom is 0.196 e. The molecule has 0 aliphatic heterocycles. The summed E-state index contributed by atoms with van der Waals surface area (Å²) in [6, 6.07) is 1.67. The van der Waals surface area contributed by atoms with Crippen molar-refractivity contribution in [2.75, 3.05) is 0 Å². The van der Waals surface area contributed by atoms with Gasteiger partial charge in [-0.15, -0.1) is 10.2 Å². The summed E-state index contributed by atoms with van der Waals surface area (Å²) in [7, 11) is 0. The average Bonchev–Trinajstić information content (AvgIpc) is 2.46. The van der Waals surface area contributed by atoms with E-state index in [-0.39, 0.29) is 17.5 Å². The van der Waals surface area contributed by atoms with Gasteiger partial charge < -0.3 is 11.5 Å². The Hall–Kier alpha value is -2.90. The first-order chi connectivity index (χ1) is 8.77. The molecule has 2 rings (SSSR count). The summed E-state index contributed by atoms with van der Waals surface area (Å²) >= 11 is 0. The number of nitrogens with zero attached hydrogens (tertiary/aromatic N) is 6. The van der Waals surface area contributed by atoms with Crippen LogP contribution in [0.15, 0.2) is 47.3 Å². The first-order valence-corrected chi connectivity index (χ1v) is 4.98. The molecule has 0 saturated heterocycles. The number of aromatic nitrogens is 4. The van der Waals surface area contributed by atoms with Crippen LogP contribution in [-0.2, 0) is 0 Å². The molecular weight excluding hydrogens is 232 g/mol. The molecule has 4 N–H and O–H groups in total. The van der Waals surface area contributed by atoms with Crippen molar-refractivity contribution in [2.45, 2.75) is 0 Å². The van der Waals surface area contributed by atoms with Gasteiger partial charge in [-0.3, -0.25) is 4.98 Å². The molecule has 0 unspecified atom stereocenters. The highest BCUT2D eigenvalue weighted by atomic mass is 15.3. The Labute approximate surface area is 103 Å². The fourth-order valence-corrected chi connectivity index (χ4v) is 1.07. The van der Waals surface area contributed by atoms with Gasteiger partial charge in [-0.1, -0.05) is 0 Å². The third-order valence-electron chi connectivity index (χ3n) is 1.89. The van der Waals surface area contributed by atoms with E-state index in [1.165, 1.54) is 18.6 Å². The summed E-state index contributed by atoms with van der Waals surface area (Å²) in [5.41, 5.74) is 11.7. The lowest BCUT2D eigenvalue weighted by molar-refractivity contribution is 1.09. The number of rotatable bonds is 3. The Kier molecular flexibility index (Phi) is 3.50. The monoisotopic (exact) mass is 242 g/mol. The average molecular weight is 242 g/mol. The van der Waals surface area contributed by atoms with E-state index in [1.807, 2.05) is 0 Å². The quantitative estimate of drug-likeness (QED) is 0.415. The van der Waals surface area contributed by atoms with E-state index in [0.717, 1.165) is 0 Å². The molecule has 0 amide bonds. The maximum absolute atomic E-state index is 5.67. The van der Waals surface area contributed by atoms with Crippen molar-refractivity contribution in [3.63, 3.8) is 0 Å². The Morgan fingerprint density at radius 1 is 0.889 bits per heavy atom. The molecule has 2 aromatic rings. The van der Waals surface area contributed by atoms with Crippen LogP contribution in [0.3, 0.4) is 0 Å². The zero-order chi connectivity index (χ0) is 12.8. The van der Waals surface area contributed by atoms with Gasteiger partial charge >= 0.3 is 0 Å². The van der Waals surface area contributed by atoms with E-state index in [9.17, 15) is 0 Å². The van der Waals surface area contributed by atoms with Crippen LogP contribution in [0.5, 0.6) is 0 Å². The lowest BCUT2D eigenvalue weighted by Crippen LogP contribution is -2.18. The lowest BCUT2D eigenvalue weighted by Gasteiger charge is -1.97. The molecule has 0 aliphatic rings. The summed E-state index contributed by atoms with van der Waals surface area (Å²) in [4.78, 5) is 15.7. The van der Waals surface area contributed by atoms with Crippen LogP contribution in [0.1, 0.15) is 11.5 Å². The Morgan fingerprint density at radius 3 is 2.28 bits per heavy atom. The van der Waals surface area contributed by atoms with Crippen LogP contribution in [0.2, 0.25) is 0 Å². The predicted molar refractivity (Wildman–Crippen MR) is 65.5 cm³/mol. The Bertz CT molecular complexity index is 509. The molecule has 2 heterocycles. The van der Waals surface area contributed by atoms with E-state index in [1.54, 1.807) is 18.5 Å². The van der Waals surface area contributed by atoms with Crippen molar-refractivity contribution < 1.29 is 0 Å². The molecule has 2 aromatic heterocycles. The first kappa shape index (κ1) is 11.6. The standard InChI is InChI=1S/C10H10N8/c11-8(7-6-13-4-5-14-7)17-18-9(12)10-15-2-1-3-16-10/h1-6H,(H2,11,17)(H2,12,18). The summed E-state index contributed by atoms with van der Waals surface area (Å²) in [6.07, 6.45) is 7.63. The van der Waals surface area contributed by atoms with Crippen LogP contribution in [-0.4, -0.2) is 31.6 Å². The zero-order valence-electron chi connectivity index (χ0n) is 9.30. The lowest BCUT2D eigenvalue weighted by atomic mass is 10.4. The Balaban J connectivity index is 2.20. The summed E-state index contributed by atoms with van der Waals surface area (Å²) in [6.45, 7) is 0. The third-order valence-corrected chi connectivity index (χ3v) is 1.89. The first-order valence-electron chi connectivity index (χ1n) is 4.98. The van der Waals surface area contributed by atoms with Crippen LogP contribution >= 0.6 is 0 Å². The molecule has 0 radical (unpaired) electrons. The molecule has 90 valence electrons. The van der Waals surface area contributed by atoms with E-state index in [0.29, 0.717) is 5.69 Å². The molecule has 8 nitrogen and oxygen atoms in total. The van der Waals surface area contributed by atoms with Crippen molar-refractivity contribution in [3.8, 4) is 0 Å². The second-order valence-electron chi connectivity index (χ2n) is 3.13. The largest absolute Gasteiger partial charge is 0.380 e. The summed E-state index contributed by atoms with van der Waals surface area (Å²) < 4.78 is 0. The number of hydrogen-bond donors (Lipinski definition) is 2. The number of nitrogens with two attached hydrogens (primary N) is 2. The van der Waals surface area contributed by atoms with Crippen molar-refractivity contribution in [2.24, 2.45) is 21.7 Å². The molecule has 8 heteroatoms. The van der Waals surface area contributed by atoms with E-state index in [2.05, 4.69) is 30.1 Å². The molecule has 0 saturated carbocycles. The minimum atomic E-state index is 0.0717. The smallest absolute Gasteiger partial charge is 0.196 e. The van der Waals surface area contributed by atoms with Crippen molar-refractivity contribution in [1.29, 1.82) is 0 Å². The molecule has 0 aliphatic carbocycles.